The maximum atomic E-state index is 5.79. The van der Waals surface area contributed by atoms with E-state index in [9.17, 15) is 0 Å². The van der Waals surface area contributed by atoms with Crippen molar-refractivity contribution in [1.29, 1.82) is 0 Å². The van der Waals surface area contributed by atoms with E-state index in [2.05, 4.69) is 35.2 Å². The van der Waals surface area contributed by atoms with Crippen molar-refractivity contribution in [2.45, 2.75) is 31.8 Å². The average Bonchev–Trinajstić information content (AvgIpc) is 2.46. The maximum absolute atomic E-state index is 5.79. The van der Waals surface area contributed by atoms with E-state index in [1.807, 2.05) is 12.3 Å². The second kappa shape index (κ2) is 6.43. The molecule has 106 valence electrons. The molecular formula is C14H24N4O. The van der Waals surface area contributed by atoms with E-state index in [0.29, 0.717) is 0 Å². The van der Waals surface area contributed by atoms with Crippen LogP contribution >= 0.6 is 0 Å². The number of ether oxygens (including phenoxy) is 1. The van der Waals surface area contributed by atoms with Crippen LogP contribution in [0.25, 0.3) is 0 Å². The zero-order valence-corrected chi connectivity index (χ0v) is 11.8. The smallest absolute Gasteiger partial charge is 0.0594 e. The normalized spacial score (nSPS) is 19.3. The van der Waals surface area contributed by atoms with Gasteiger partial charge in [-0.25, -0.2) is 0 Å². The SMILES string of the molecule is CC(C)(C(Cc1cccnc1)NN)N1CCOCC1. The molecule has 0 aliphatic carbocycles. The summed E-state index contributed by atoms with van der Waals surface area (Å²) in [6.07, 6.45) is 4.57. The highest BCUT2D eigenvalue weighted by molar-refractivity contribution is 5.12. The highest BCUT2D eigenvalue weighted by Gasteiger charge is 2.35. The summed E-state index contributed by atoms with van der Waals surface area (Å²) in [5.41, 5.74) is 4.16. The van der Waals surface area contributed by atoms with Crippen molar-refractivity contribution in [3.8, 4) is 0 Å². The molecule has 1 aliphatic rings. The van der Waals surface area contributed by atoms with Crippen LogP contribution in [0.1, 0.15) is 19.4 Å². The van der Waals surface area contributed by atoms with Gasteiger partial charge in [0.2, 0.25) is 0 Å². The minimum Gasteiger partial charge on any atom is -0.379 e. The number of hydrogen-bond donors (Lipinski definition) is 2. The number of hydrazine groups is 1. The molecule has 1 fully saturated rings. The van der Waals surface area contributed by atoms with Gasteiger partial charge in [-0.15, -0.1) is 0 Å². The molecule has 0 bridgehead atoms. The summed E-state index contributed by atoms with van der Waals surface area (Å²) in [7, 11) is 0. The molecule has 0 radical (unpaired) electrons. The molecule has 3 N–H and O–H groups in total. The topological polar surface area (TPSA) is 63.4 Å². The van der Waals surface area contributed by atoms with Crippen LogP contribution in [0.15, 0.2) is 24.5 Å². The first-order valence-electron chi connectivity index (χ1n) is 6.82. The third kappa shape index (κ3) is 3.51. The molecule has 0 aromatic carbocycles. The maximum Gasteiger partial charge on any atom is 0.0594 e. The van der Waals surface area contributed by atoms with E-state index >= 15 is 0 Å². The van der Waals surface area contributed by atoms with E-state index in [-0.39, 0.29) is 11.6 Å². The van der Waals surface area contributed by atoms with Gasteiger partial charge in [0.15, 0.2) is 0 Å². The van der Waals surface area contributed by atoms with Crippen LogP contribution < -0.4 is 11.3 Å². The summed E-state index contributed by atoms with van der Waals surface area (Å²) in [6, 6.07) is 4.23. The first-order valence-corrected chi connectivity index (χ1v) is 6.82. The van der Waals surface area contributed by atoms with Gasteiger partial charge in [-0.3, -0.25) is 21.2 Å². The Hall–Kier alpha value is -1.01. The van der Waals surface area contributed by atoms with Gasteiger partial charge >= 0.3 is 0 Å². The van der Waals surface area contributed by atoms with Crippen LogP contribution in [-0.4, -0.2) is 47.8 Å². The van der Waals surface area contributed by atoms with Crippen LogP contribution in [-0.2, 0) is 11.2 Å². The molecule has 1 unspecified atom stereocenters. The Labute approximate surface area is 115 Å². The summed E-state index contributed by atoms with van der Waals surface area (Å²) in [6.45, 7) is 7.98. The van der Waals surface area contributed by atoms with E-state index in [1.54, 1.807) is 6.20 Å². The minimum atomic E-state index is -0.0195. The number of morpholine rings is 1. The summed E-state index contributed by atoms with van der Waals surface area (Å²) in [5.74, 6) is 5.79. The monoisotopic (exact) mass is 264 g/mol. The summed E-state index contributed by atoms with van der Waals surface area (Å²) in [4.78, 5) is 6.61. The molecule has 19 heavy (non-hydrogen) atoms. The zero-order chi connectivity index (χ0) is 13.7. The highest BCUT2D eigenvalue weighted by Crippen LogP contribution is 2.22. The van der Waals surface area contributed by atoms with Crippen molar-refractivity contribution in [3.63, 3.8) is 0 Å². The van der Waals surface area contributed by atoms with Crippen LogP contribution in [0, 0.1) is 0 Å². The Morgan fingerprint density at radius 1 is 1.47 bits per heavy atom. The molecule has 0 amide bonds. The van der Waals surface area contributed by atoms with Crippen LogP contribution in [0.4, 0.5) is 0 Å². The molecular weight excluding hydrogens is 240 g/mol. The van der Waals surface area contributed by atoms with E-state index in [0.717, 1.165) is 32.7 Å². The molecule has 5 nitrogen and oxygen atoms in total. The molecule has 2 rings (SSSR count). The zero-order valence-electron chi connectivity index (χ0n) is 11.8. The van der Waals surface area contributed by atoms with Gasteiger partial charge in [0, 0.05) is 37.1 Å². The fraction of sp³-hybridized carbons (Fsp3) is 0.643. The lowest BCUT2D eigenvalue weighted by atomic mass is 9.88. The Bertz CT molecular complexity index is 376. The second-order valence-electron chi connectivity index (χ2n) is 5.54. The van der Waals surface area contributed by atoms with Gasteiger partial charge in [-0.1, -0.05) is 6.07 Å². The van der Waals surface area contributed by atoms with E-state index in [4.69, 9.17) is 10.6 Å². The van der Waals surface area contributed by atoms with Gasteiger partial charge in [0.05, 0.1) is 13.2 Å². The van der Waals surface area contributed by atoms with Crippen molar-refractivity contribution in [2.75, 3.05) is 26.3 Å². The van der Waals surface area contributed by atoms with Gasteiger partial charge in [0.25, 0.3) is 0 Å². The summed E-state index contributed by atoms with van der Waals surface area (Å²) in [5, 5.41) is 0. The lowest BCUT2D eigenvalue weighted by Crippen LogP contribution is -2.62. The molecule has 0 spiro atoms. The van der Waals surface area contributed by atoms with Gasteiger partial charge in [0.1, 0.15) is 0 Å². The summed E-state index contributed by atoms with van der Waals surface area (Å²) < 4.78 is 5.42. The van der Waals surface area contributed by atoms with E-state index < -0.39 is 0 Å². The first kappa shape index (κ1) is 14.4. The third-order valence-electron chi connectivity index (χ3n) is 4.04. The van der Waals surface area contributed by atoms with Crippen LogP contribution in [0.2, 0.25) is 0 Å². The average molecular weight is 264 g/mol. The largest absolute Gasteiger partial charge is 0.379 e. The second-order valence-corrected chi connectivity index (χ2v) is 5.54. The molecule has 1 atom stereocenters. The quantitative estimate of drug-likeness (QED) is 0.601. The molecule has 2 heterocycles. The van der Waals surface area contributed by atoms with Gasteiger partial charge < -0.3 is 4.74 Å². The number of pyridine rings is 1. The fourth-order valence-corrected chi connectivity index (χ4v) is 2.63. The number of nitrogens with zero attached hydrogens (tertiary/aromatic N) is 2. The number of rotatable bonds is 5. The number of hydrogen-bond acceptors (Lipinski definition) is 5. The Morgan fingerprint density at radius 2 is 2.21 bits per heavy atom. The lowest BCUT2D eigenvalue weighted by Gasteiger charge is -2.45. The summed E-state index contributed by atoms with van der Waals surface area (Å²) >= 11 is 0. The lowest BCUT2D eigenvalue weighted by molar-refractivity contribution is -0.0233. The molecule has 1 aromatic rings. The van der Waals surface area contributed by atoms with Crippen molar-refractivity contribution in [3.05, 3.63) is 30.1 Å². The van der Waals surface area contributed by atoms with Crippen LogP contribution in [0.5, 0.6) is 0 Å². The number of nitrogens with one attached hydrogen (secondary N) is 1. The van der Waals surface area contributed by atoms with Crippen molar-refractivity contribution < 1.29 is 4.74 Å². The van der Waals surface area contributed by atoms with E-state index in [1.165, 1.54) is 5.56 Å². The van der Waals surface area contributed by atoms with Gasteiger partial charge in [-0.2, -0.15) is 0 Å². The first-order chi connectivity index (χ1) is 9.14. The van der Waals surface area contributed by atoms with Crippen molar-refractivity contribution in [1.82, 2.24) is 15.3 Å². The fourth-order valence-electron chi connectivity index (χ4n) is 2.63. The number of nitrogens with two attached hydrogens (primary N) is 1. The highest BCUT2D eigenvalue weighted by atomic mass is 16.5. The Balaban J connectivity index is 2.06. The molecule has 1 aliphatic heterocycles. The molecule has 1 aromatic heterocycles. The van der Waals surface area contributed by atoms with Crippen molar-refractivity contribution >= 4 is 0 Å². The standard InChI is InChI=1S/C14H24N4O/c1-14(2,18-6-8-19-9-7-18)13(17-15)10-12-4-3-5-16-11-12/h3-5,11,13,17H,6-10,15H2,1-2H3. The molecule has 0 saturated carbocycles. The van der Waals surface area contributed by atoms with Crippen molar-refractivity contribution in [2.24, 2.45) is 5.84 Å². The predicted octanol–water partition coefficient (Wildman–Crippen LogP) is 0.567. The van der Waals surface area contributed by atoms with Gasteiger partial charge in [-0.05, 0) is 31.9 Å². The van der Waals surface area contributed by atoms with Crippen LogP contribution in [0.3, 0.4) is 0 Å². The molecule has 1 saturated heterocycles. The molecule has 5 heteroatoms. The Kier molecular flexibility index (Phi) is 4.87. The minimum absolute atomic E-state index is 0.0195. The third-order valence-corrected chi connectivity index (χ3v) is 4.04. The Morgan fingerprint density at radius 3 is 2.79 bits per heavy atom. The number of aromatic nitrogens is 1. The predicted molar refractivity (Wildman–Crippen MR) is 75.5 cm³/mol.